The second kappa shape index (κ2) is 7.50. The summed E-state index contributed by atoms with van der Waals surface area (Å²) in [5, 5.41) is 3.32. The summed E-state index contributed by atoms with van der Waals surface area (Å²) in [5.41, 5.74) is 4.52. The highest BCUT2D eigenvalue weighted by atomic mass is 16.5. The van der Waals surface area contributed by atoms with E-state index >= 15 is 0 Å². The summed E-state index contributed by atoms with van der Waals surface area (Å²) in [7, 11) is 0. The molecule has 0 saturated heterocycles. The number of ketones is 1. The average molecular weight is 375 g/mol. The van der Waals surface area contributed by atoms with Gasteiger partial charge in [-0.15, -0.1) is 0 Å². The summed E-state index contributed by atoms with van der Waals surface area (Å²) in [5.74, 6) is 1.64. The van der Waals surface area contributed by atoms with Gasteiger partial charge in [0.15, 0.2) is 5.78 Å². The summed E-state index contributed by atoms with van der Waals surface area (Å²) in [6.07, 6.45) is 2.11. The topological polar surface area (TPSA) is 56.1 Å². The highest BCUT2D eigenvalue weighted by molar-refractivity contribution is 5.97. The third-order valence-electron chi connectivity index (χ3n) is 5.15. The fourth-order valence-corrected chi connectivity index (χ4v) is 3.84. The number of nitrogens with one attached hydrogen (secondary N) is 1. The molecule has 2 heterocycles. The molecule has 4 rings (SSSR count). The molecule has 3 aromatic rings. The zero-order valence-corrected chi connectivity index (χ0v) is 16.5. The third kappa shape index (κ3) is 3.17. The van der Waals surface area contributed by atoms with Crippen LogP contribution in [0.5, 0.6) is 5.75 Å². The van der Waals surface area contributed by atoms with Crippen molar-refractivity contribution in [2.45, 2.75) is 39.7 Å². The molecule has 144 valence electrons. The third-order valence-corrected chi connectivity index (χ3v) is 5.15. The van der Waals surface area contributed by atoms with Crippen molar-refractivity contribution in [1.82, 2.24) is 9.55 Å². The number of aromatic nitrogens is 2. The Hall–Kier alpha value is -3.08. The fourth-order valence-electron chi connectivity index (χ4n) is 3.84. The van der Waals surface area contributed by atoms with Gasteiger partial charge in [-0.2, -0.15) is 0 Å². The van der Waals surface area contributed by atoms with Gasteiger partial charge in [0.2, 0.25) is 5.95 Å². The number of Topliss-reactive ketones (excluding diaryl/α,β-unsaturated/α-hetero) is 1. The number of carbonyl (C=O) groups is 1. The Morgan fingerprint density at radius 3 is 2.82 bits per heavy atom. The van der Waals surface area contributed by atoms with Crippen LogP contribution in [0.4, 0.5) is 5.95 Å². The van der Waals surface area contributed by atoms with Crippen molar-refractivity contribution >= 4 is 22.8 Å². The van der Waals surface area contributed by atoms with Crippen LogP contribution in [0.3, 0.4) is 0 Å². The molecule has 1 aliphatic heterocycles. The second-order valence-corrected chi connectivity index (χ2v) is 7.19. The van der Waals surface area contributed by atoms with E-state index in [1.165, 1.54) is 0 Å². The van der Waals surface area contributed by atoms with Crippen LogP contribution in [0.1, 0.15) is 45.2 Å². The van der Waals surface area contributed by atoms with E-state index in [2.05, 4.69) is 22.9 Å². The Bertz CT molecular complexity index is 1060. The summed E-state index contributed by atoms with van der Waals surface area (Å²) in [6, 6.07) is 15.8. The van der Waals surface area contributed by atoms with Crippen molar-refractivity contribution in [3.8, 4) is 5.75 Å². The van der Waals surface area contributed by atoms with E-state index in [1.54, 1.807) is 6.92 Å². The first-order valence-corrected chi connectivity index (χ1v) is 9.78. The van der Waals surface area contributed by atoms with Gasteiger partial charge in [0.25, 0.3) is 0 Å². The number of rotatable bonds is 6. The molecule has 0 fully saturated rings. The minimum atomic E-state index is -0.240. The first-order valence-electron chi connectivity index (χ1n) is 9.78. The van der Waals surface area contributed by atoms with E-state index in [9.17, 15) is 4.79 Å². The van der Waals surface area contributed by atoms with Gasteiger partial charge >= 0.3 is 0 Å². The number of benzene rings is 2. The lowest BCUT2D eigenvalue weighted by molar-refractivity contribution is -0.114. The zero-order chi connectivity index (χ0) is 19.7. The van der Waals surface area contributed by atoms with Crippen LogP contribution in [0.2, 0.25) is 0 Å². The van der Waals surface area contributed by atoms with Crippen LogP contribution in [-0.4, -0.2) is 21.9 Å². The first kappa shape index (κ1) is 18.3. The van der Waals surface area contributed by atoms with Crippen molar-refractivity contribution in [3.63, 3.8) is 0 Å². The number of carbonyl (C=O) groups excluding carboxylic acids is 1. The van der Waals surface area contributed by atoms with Gasteiger partial charge in [-0.05, 0) is 50.1 Å². The lowest BCUT2D eigenvalue weighted by Crippen LogP contribution is -2.27. The molecular formula is C23H25N3O2. The standard InChI is InChI=1S/C23H25N3O2/c1-4-5-13-28-18-10-8-9-17(14-18)22-21(16(3)27)15(2)24-23-25-19-11-6-7-12-20(19)26(22)23/h6-12,14,22H,4-5,13H2,1-3H3,(H,24,25). The number of anilines is 1. The minimum absolute atomic E-state index is 0.0516. The van der Waals surface area contributed by atoms with Gasteiger partial charge < -0.3 is 10.1 Å². The van der Waals surface area contributed by atoms with Crippen molar-refractivity contribution < 1.29 is 9.53 Å². The zero-order valence-electron chi connectivity index (χ0n) is 16.5. The Labute approximate surface area is 165 Å². The fraction of sp³-hybridized carbons (Fsp3) is 0.304. The Morgan fingerprint density at radius 1 is 1.21 bits per heavy atom. The maximum Gasteiger partial charge on any atom is 0.209 e. The molecule has 1 N–H and O–H groups in total. The molecule has 5 heteroatoms. The van der Waals surface area contributed by atoms with Crippen LogP contribution in [0.15, 0.2) is 59.8 Å². The van der Waals surface area contributed by atoms with Gasteiger partial charge in [-0.25, -0.2) is 4.98 Å². The average Bonchev–Trinajstić information content (AvgIpc) is 3.05. The predicted molar refractivity (Wildman–Crippen MR) is 112 cm³/mol. The number of para-hydroxylation sites is 2. The molecule has 2 aromatic carbocycles. The summed E-state index contributed by atoms with van der Waals surface area (Å²) >= 11 is 0. The van der Waals surface area contributed by atoms with E-state index in [0.717, 1.165) is 52.4 Å². The number of fused-ring (bicyclic) bond motifs is 3. The Kier molecular flexibility index (Phi) is 4.90. The number of hydrogen-bond donors (Lipinski definition) is 1. The van der Waals surface area contributed by atoms with Gasteiger partial charge in [-0.3, -0.25) is 9.36 Å². The van der Waals surface area contributed by atoms with E-state index in [0.29, 0.717) is 6.61 Å². The molecule has 1 aliphatic rings. The maximum atomic E-state index is 12.6. The van der Waals surface area contributed by atoms with Crippen LogP contribution < -0.4 is 10.1 Å². The molecule has 0 spiro atoms. The summed E-state index contributed by atoms with van der Waals surface area (Å²) in [6.45, 7) is 6.40. The van der Waals surface area contributed by atoms with Crippen LogP contribution in [0.25, 0.3) is 11.0 Å². The number of imidazole rings is 1. The summed E-state index contributed by atoms with van der Waals surface area (Å²) < 4.78 is 8.03. The quantitative estimate of drug-likeness (QED) is 0.610. The largest absolute Gasteiger partial charge is 0.494 e. The number of ether oxygens (including phenoxy) is 1. The normalized spacial score (nSPS) is 16.0. The van der Waals surface area contributed by atoms with Gasteiger partial charge in [-0.1, -0.05) is 37.6 Å². The van der Waals surface area contributed by atoms with Crippen molar-refractivity contribution in [1.29, 1.82) is 0 Å². The SMILES string of the molecule is CCCCOc1cccc(C2C(C(C)=O)=C(C)Nc3nc4ccccc4n32)c1. The van der Waals surface area contributed by atoms with Crippen molar-refractivity contribution in [2.75, 3.05) is 11.9 Å². The maximum absolute atomic E-state index is 12.6. The number of unbranched alkanes of at least 4 members (excludes halogenated alkanes) is 1. The van der Waals surface area contributed by atoms with Gasteiger partial charge in [0, 0.05) is 11.3 Å². The Morgan fingerprint density at radius 2 is 2.04 bits per heavy atom. The van der Waals surface area contributed by atoms with Crippen molar-refractivity contribution in [2.24, 2.45) is 0 Å². The molecule has 0 bridgehead atoms. The molecule has 1 atom stereocenters. The molecule has 1 aromatic heterocycles. The molecule has 1 unspecified atom stereocenters. The molecular weight excluding hydrogens is 350 g/mol. The van der Waals surface area contributed by atoms with E-state index < -0.39 is 0 Å². The molecule has 0 amide bonds. The van der Waals surface area contributed by atoms with E-state index in [4.69, 9.17) is 9.72 Å². The van der Waals surface area contributed by atoms with E-state index in [-0.39, 0.29) is 11.8 Å². The molecule has 28 heavy (non-hydrogen) atoms. The lowest BCUT2D eigenvalue weighted by Gasteiger charge is -2.30. The molecule has 0 aliphatic carbocycles. The van der Waals surface area contributed by atoms with Gasteiger partial charge in [0.05, 0.1) is 23.7 Å². The van der Waals surface area contributed by atoms with E-state index in [1.807, 2.05) is 49.4 Å². The lowest BCUT2D eigenvalue weighted by atomic mass is 9.92. The summed E-state index contributed by atoms with van der Waals surface area (Å²) in [4.78, 5) is 17.3. The van der Waals surface area contributed by atoms with Crippen molar-refractivity contribution in [3.05, 3.63) is 65.4 Å². The second-order valence-electron chi connectivity index (χ2n) is 7.19. The highest BCUT2D eigenvalue weighted by Crippen LogP contribution is 2.40. The number of hydrogen-bond acceptors (Lipinski definition) is 4. The number of nitrogens with zero attached hydrogens (tertiary/aromatic N) is 2. The predicted octanol–water partition coefficient (Wildman–Crippen LogP) is 5.09. The minimum Gasteiger partial charge on any atom is -0.494 e. The van der Waals surface area contributed by atoms with Gasteiger partial charge in [0.1, 0.15) is 5.75 Å². The van der Waals surface area contributed by atoms with Crippen LogP contribution in [0, 0.1) is 0 Å². The highest BCUT2D eigenvalue weighted by Gasteiger charge is 2.32. The molecule has 0 saturated carbocycles. The smallest absolute Gasteiger partial charge is 0.209 e. The monoisotopic (exact) mass is 375 g/mol. The Balaban J connectivity index is 1.86. The van der Waals surface area contributed by atoms with Crippen LogP contribution in [-0.2, 0) is 4.79 Å². The first-order chi connectivity index (χ1) is 13.6. The molecule has 5 nitrogen and oxygen atoms in total. The number of allylic oxidation sites excluding steroid dienone is 2. The van der Waals surface area contributed by atoms with Crippen LogP contribution >= 0.6 is 0 Å². The molecule has 0 radical (unpaired) electrons.